The highest BCUT2D eigenvalue weighted by atomic mass is 19.4. The third kappa shape index (κ3) is 5.16. The number of hydrogen-bond donors (Lipinski definition) is 2. The van der Waals surface area contributed by atoms with Crippen molar-refractivity contribution >= 4 is 28.4 Å². The molecule has 0 saturated carbocycles. The van der Waals surface area contributed by atoms with Crippen LogP contribution in [-0.2, 0) is 6.18 Å². The summed E-state index contributed by atoms with van der Waals surface area (Å²) in [6.07, 6.45) is -3.00. The standard InChI is InChI=1S/C21H24F3N7O2/c1-13-18(14(2)33-29-13)28-20(32)26-7-8-30-9-11-31(12-10-30)19-15-3-4-17(21(22,23)24)27-16(15)5-6-25-19/h3-6H,7-12H2,1-2H3,(H2,26,28,32). The molecule has 0 radical (unpaired) electrons. The van der Waals surface area contributed by atoms with Crippen molar-refractivity contribution in [3.8, 4) is 0 Å². The first-order chi connectivity index (χ1) is 15.7. The maximum atomic E-state index is 13.0. The van der Waals surface area contributed by atoms with Crippen LogP contribution in [0.1, 0.15) is 17.1 Å². The SMILES string of the molecule is Cc1noc(C)c1NC(=O)NCCN1CCN(c2nccc3nc(C(F)(F)F)ccc23)CC1. The zero-order valence-corrected chi connectivity index (χ0v) is 18.2. The molecule has 4 heterocycles. The summed E-state index contributed by atoms with van der Waals surface area (Å²) in [5.41, 5.74) is 0.541. The lowest BCUT2D eigenvalue weighted by molar-refractivity contribution is -0.140. The summed E-state index contributed by atoms with van der Waals surface area (Å²) in [6, 6.07) is 3.59. The first kappa shape index (κ1) is 22.8. The quantitative estimate of drug-likeness (QED) is 0.600. The fourth-order valence-electron chi connectivity index (χ4n) is 3.78. The number of rotatable bonds is 5. The number of anilines is 2. The number of piperazine rings is 1. The molecule has 2 amide bonds. The lowest BCUT2D eigenvalue weighted by Crippen LogP contribution is -2.49. The molecule has 1 aliphatic heterocycles. The zero-order valence-electron chi connectivity index (χ0n) is 18.2. The average Bonchev–Trinajstić information content (AvgIpc) is 3.10. The van der Waals surface area contributed by atoms with Crippen molar-refractivity contribution in [2.75, 3.05) is 49.5 Å². The maximum absolute atomic E-state index is 13.0. The molecule has 4 rings (SSSR count). The molecule has 0 atom stereocenters. The molecule has 2 N–H and O–H groups in total. The van der Waals surface area contributed by atoms with Gasteiger partial charge in [0.1, 0.15) is 22.9 Å². The minimum atomic E-state index is -4.48. The Kier molecular flexibility index (Phi) is 6.36. The van der Waals surface area contributed by atoms with E-state index in [1.165, 1.54) is 18.3 Å². The second-order valence-corrected chi connectivity index (χ2v) is 7.80. The van der Waals surface area contributed by atoms with Gasteiger partial charge in [-0.05, 0) is 32.0 Å². The number of aryl methyl sites for hydroxylation is 2. The second kappa shape index (κ2) is 9.22. The first-order valence-corrected chi connectivity index (χ1v) is 10.5. The molecule has 1 fully saturated rings. The summed E-state index contributed by atoms with van der Waals surface area (Å²) in [7, 11) is 0. The molecule has 0 aromatic carbocycles. The van der Waals surface area contributed by atoms with Gasteiger partial charge in [0.05, 0.1) is 5.52 Å². The van der Waals surface area contributed by atoms with Gasteiger partial charge in [-0.25, -0.2) is 14.8 Å². The van der Waals surface area contributed by atoms with Gasteiger partial charge < -0.3 is 20.1 Å². The Morgan fingerprint density at radius 1 is 1.15 bits per heavy atom. The molecule has 0 spiro atoms. The van der Waals surface area contributed by atoms with Gasteiger partial charge in [-0.2, -0.15) is 13.2 Å². The smallest absolute Gasteiger partial charge is 0.359 e. The molecular weight excluding hydrogens is 439 g/mol. The molecule has 12 heteroatoms. The van der Waals surface area contributed by atoms with Gasteiger partial charge in [0, 0.05) is 50.9 Å². The van der Waals surface area contributed by atoms with E-state index in [9.17, 15) is 18.0 Å². The number of aromatic nitrogens is 3. The Balaban J connectivity index is 1.29. The van der Waals surface area contributed by atoms with Gasteiger partial charge in [0.15, 0.2) is 5.76 Å². The van der Waals surface area contributed by atoms with Gasteiger partial charge in [-0.1, -0.05) is 5.16 Å². The van der Waals surface area contributed by atoms with Crippen LogP contribution in [0.2, 0.25) is 0 Å². The van der Waals surface area contributed by atoms with Crippen LogP contribution in [0.5, 0.6) is 0 Å². The third-order valence-electron chi connectivity index (χ3n) is 5.54. The van der Waals surface area contributed by atoms with Crippen molar-refractivity contribution in [2.24, 2.45) is 0 Å². The summed E-state index contributed by atoms with van der Waals surface area (Å²) in [5.74, 6) is 1.18. The highest BCUT2D eigenvalue weighted by Gasteiger charge is 2.32. The summed E-state index contributed by atoms with van der Waals surface area (Å²) in [5, 5.41) is 9.95. The topological polar surface area (TPSA) is 99.4 Å². The normalized spacial score (nSPS) is 15.1. The van der Waals surface area contributed by atoms with Crippen molar-refractivity contribution in [1.82, 2.24) is 25.3 Å². The minimum absolute atomic E-state index is 0.269. The number of halogens is 3. The van der Waals surface area contributed by atoms with E-state index in [1.54, 1.807) is 13.8 Å². The van der Waals surface area contributed by atoms with E-state index in [-0.39, 0.29) is 11.5 Å². The predicted octanol–water partition coefficient (Wildman–Crippen LogP) is 3.20. The van der Waals surface area contributed by atoms with Crippen molar-refractivity contribution in [1.29, 1.82) is 0 Å². The number of fused-ring (bicyclic) bond motifs is 1. The van der Waals surface area contributed by atoms with E-state index in [0.717, 1.165) is 19.2 Å². The van der Waals surface area contributed by atoms with Gasteiger partial charge in [-0.15, -0.1) is 0 Å². The second-order valence-electron chi connectivity index (χ2n) is 7.80. The summed E-state index contributed by atoms with van der Waals surface area (Å²) >= 11 is 0. The molecule has 1 saturated heterocycles. The molecule has 3 aromatic heterocycles. The number of pyridine rings is 2. The van der Waals surface area contributed by atoms with Crippen molar-refractivity contribution < 1.29 is 22.5 Å². The van der Waals surface area contributed by atoms with E-state index in [2.05, 4.69) is 30.7 Å². The van der Waals surface area contributed by atoms with E-state index in [0.29, 0.717) is 54.5 Å². The lowest BCUT2D eigenvalue weighted by Gasteiger charge is -2.35. The fraction of sp³-hybridized carbons (Fsp3) is 0.429. The number of alkyl halides is 3. The van der Waals surface area contributed by atoms with Crippen LogP contribution in [0.4, 0.5) is 29.5 Å². The number of carbonyl (C=O) groups is 1. The molecule has 3 aromatic rings. The largest absolute Gasteiger partial charge is 0.433 e. The number of nitrogens with zero attached hydrogens (tertiary/aromatic N) is 5. The first-order valence-electron chi connectivity index (χ1n) is 10.5. The Morgan fingerprint density at radius 2 is 1.91 bits per heavy atom. The van der Waals surface area contributed by atoms with Crippen LogP contribution in [0.15, 0.2) is 28.9 Å². The van der Waals surface area contributed by atoms with E-state index < -0.39 is 11.9 Å². The highest BCUT2D eigenvalue weighted by Crippen LogP contribution is 2.31. The Morgan fingerprint density at radius 3 is 2.58 bits per heavy atom. The van der Waals surface area contributed by atoms with Gasteiger partial charge in [0.2, 0.25) is 0 Å². The van der Waals surface area contributed by atoms with Crippen molar-refractivity contribution in [3.63, 3.8) is 0 Å². The van der Waals surface area contributed by atoms with Crippen LogP contribution in [0, 0.1) is 13.8 Å². The van der Waals surface area contributed by atoms with Crippen LogP contribution < -0.4 is 15.5 Å². The predicted molar refractivity (Wildman–Crippen MR) is 116 cm³/mol. The molecule has 0 bridgehead atoms. The molecule has 0 unspecified atom stereocenters. The zero-order chi connectivity index (χ0) is 23.6. The maximum Gasteiger partial charge on any atom is 0.433 e. The number of nitrogens with one attached hydrogen (secondary N) is 2. The van der Waals surface area contributed by atoms with Crippen molar-refractivity contribution in [2.45, 2.75) is 20.0 Å². The lowest BCUT2D eigenvalue weighted by atomic mass is 10.2. The molecule has 0 aliphatic carbocycles. The Bertz CT molecular complexity index is 1120. The van der Waals surface area contributed by atoms with E-state index >= 15 is 0 Å². The Hall–Kier alpha value is -3.41. The van der Waals surface area contributed by atoms with E-state index in [4.69, 9.17) is 4.52 Å². The number of hydrogen-bond acceptors (Lipinski definition) is 7. The van der Waals surface area contributed by atoms with Gasteiger partial charge in [0.25, 0.3) is 0 Å². The van der Waals surface area contributed by atoms with Crippen LogP contribution in [-0.4, -0.2) is 65.3 Å². The van der Waals surface area contributed by atoms with E-state index in [1.807, 2.05) is 4.90 Å². The summed E-state index contributed by atoms with van der Waals surface area (Å²) in [4.78, 5) is 24.5. The molecular formula is C21H24F3N7O2. The number of amides is 2. The molecule has 9 nitrogen and oxygen atoms in total. The summed E-state index contributed by atoms with van der Waals surface area (Å²) < 4.78 is 43.9. The monoisotopic (exact) mass is 463 g/mol. The van der Waals surface area contributed by atoms with Crippen LogP contribution in [0.3, 0.4) is 0 Å². The molecule has 1 aliphatic rings. The van der Waals surface area contributed by atoms with Crippen LogP contribution >= 0.6 is 0 Å². The van der Waals surface area contributed by atoms with Gasteiger partial charge in [-0.3, -0.25) is 4.90 Å². The minimum Gasteiger partial charge on any atom is -0.359 e. The van der Waals surface area contributed by atoms with Crippen LogP contribution in [0.25, 0.3) is 10.9 Å². The van der Waals surface area contributed by atoms with Gasteiger partial charge >= 0.3 is 12.2 Å². The number of carbonyl (C=O) groups excluding carboxylic acids is 1. The fourth-order valence-corrected chi connectivity index (χ4v) is 3.78. The average molecular weight is 463 g/mol. The highest BCUT2D eigenvalue weighted by molar-refractivity contribution is 5.90. The number of urea groups is 1. The molecule has 33 heavy (non-hydrogen) atoms. The Labute approximate surface area is 187 Å². The van der Waals surface area contributed by atoms with Crippen molar-refractivity contribution in [3.05, 3.63) is 41.5 Å². The third-order valence-corrected chi connectivity index (χ3v) is 5.54. The molecule has 176 valence electrons. The summed E-state index contributed by atoms with van der Waals surface area (Å²) in [6.45, 7) is 7.41.